The zero-order valence-electron chi connectivity index (χ0n) is 18.1. The number of primary sulfonamides is 1. The summed E-state index contributed by atoms with van der Waals surface area (Å²) < 4.78 is 85.1. The van der Waals surface area contributed by atoms with E-state index in [2.05, 4.69) is 25.4 Å². The van der Waals surface area contributed by atoms with Crippen LogP contribution in [0.1, 0.15) is 0 Å². The SMILES string of the molecule is CN(OC(=O)C(F)(F)F)S(=O)(=O)c1cccc(Nc2cc(Nc3cccc(S(N)(=O)=O)c3)ncn2)c1. The van der Waals surface area contributed by atoms with Crippen molar-refractivity contribution in [3.05, 3.63) is 60.9 Å². The lowest BCUT2D eigenvalue weighted by atomic mass is 10.3. The molecule has 3 rings (SSSR count). The maximum absolute atomic E-state index is 12.5. The van der Waals surface area contributed by atoms with Crippen LogP contribution in [0, 0.1) is 0 Å². The second-order valence-corrected chi connectivity index (χ2v) is 10.4. The van der Waals surface area contributed by atoms with Gasteiger partial charge in [0, 0.05) is 24.5 Å². The molecule has 0 atom stereocenters. The molecule has 36 heavy (non-hydrogen) atoms. The average molecular weight is 547 g/mol. The highest BCUT2D eigenvalue weighted by molar-refractivity contribution is 7.89. The third kappa shape index (κ3) is 6.66. The van der Waals surface area contributed by atoms with E-state index in [9.17, 15) is 34.8 Å². The fourth-order valence-electron chi connectivity index (χ4n) is 2.64. The summed E-state index contributed by atoms with van der Waals surface area (Å²) >= 11 is 0. The Kier molecular flexibility index (Phi) is 7.48. The lowest BCUT2D eigenvalue weighted by Crippen LogP contribution is -2.36. The summed E-state index contributed by atoms with van der Waals surface area (Å²) in [7, 11) is -7.91. The second-order valence-electron chi connectivity index (χ2n) is 6.93. The Hall–Kier alpha value is -3.80. The van der Waals surface area contributed by atoms with Crippen molar-refractivity contribution >= 4 is 49.0 Å². The Labute approximate surface area is 203 Å². The van der Waals surface area contributed by atoms with Crippen molar-refractivity contribution < 1.29 is 39.6 Å². The molecule has 0 saturated heterocycles. The zero-order valence-corrected chi connectivity index (χ0v) is 19.7. The first kappa shape index (κ1) is 26.8. The molecule has 3 aromatic rings. The van der Waals surface area contributed by atoms with Crippen LogP contribution < -0.4 is 15.8 Å². The van der Waals surface area contributed by atoms with Crippen molar-refractivity contribution in [1.29, 1.82) is 0 Å². The van der Waals surface area contributed by atoms with Gasteiger partial charge < -0.3 is 15.5 Å². The highest BCUT2D eigenvalue weighted by Gasteiger charge is 2.43. The summed E-state index contributed by atoms with van der Waals surface area (Å²) in [6.45, 7) is 0. The van der Waals surface area contributed by atoms with Gasteiger partial charge in [0.1, 0.15) is 18.0 Å². The molecule has 4 N–H and O–H groups in total. The summed E-state index contributed by atoms with van der Waals surface area (Å²) in [5.41, 5.74) is 0.531. The number of halogens is 3. The van der Waals surface area contributed by atoms with E-state index in [1.807, 2.05) is 0 Å². The number of hydrogen-bond donors (Lipinski definition) is 3. The lowest BCUT2D eigenvalue weighted by Gasteiger charge is -2.17. The number of alkyl halides is 3. The van der Waals surface area contributed by atoms with Crippen molar-refractivity contribution in [2.75, 3.05) is 17.7 Å². The molecule has 0 bridgehead atoms. The van der Waals surface area contributed by atoms with Crippen LogP contribution in [-0.4, -0.2) is 50.5 Å². The summed E-state index contributed by atoms with van der Waals surface area (Å²) in [4.78, 5) is 22.3. The van der Waals surface area contributed by atoms with Gasteiger partial charge in [-0.05, 0) is 40.9 Å². The molecule has 12 nitrogen and oxygen atoms in total. The van der Waals surface area contributed by atoms with Crippen molar-refractivity contribution in [2.45, 2.75) is 16.0 Å². The van der Waals surface area contributed by atoms with Crippen LogP contribution >= 0.6 is 0 Å². The molecular formula is C19H17F3N6O6S2. The molecule has 2 aromatic carbocycles. The number of nitrogens with zero attached hydrogens (tertiary/aromatic N) is 3. The maximum atomic E-state index is 12.5. The number of carbonyl (C=O) groups excluding carboxylic acids is 1. The van der Waals surface area contributed by atoms with E-state index in [0.29, 0.717) is 12.7 Å². The number of anilines is 4. The molecule has 1 heterocycles. The molecule has 0 radical (unpaired) electrons. The van der Waals surface area contributed by atoms with Crippen LogP contribution in [0.15, 0.2) is 70.7 Å². The van der Waals surface area contributed by atoms with Gasteiger partial charge in [-0.1, -0.05) is 12.1 Å². The van der Waals surface area contributed by atoms with Crippen LogP contribution in [0.4, 0.5) is 36.2 Å². The smallest absolute Gasteiger partial charge is 0.345 e. The standard InChI is InChI=1S/C19H17F3N6O6S2/c1-28(34-18(29)19(20,21)22)36(32,33)15-7-3-5-13(9-15)27-17-10-16(24-11-25-17)26-12-4-2-6-14(8-12)35(23,30)31/h2-11H,1H3,(H2,23,30,31)(H2,24,25,26,27). The molecule has 1 aromatic heterocycles. The molecule has 0 unspecified atom stereocenters. The normalized spacial score (nSPS) is 12.3. The molecule has 0 saturated carbocycles. The Bertz CT molecular complexity index is 1500. The van der Waals surface area contributed by atoms with Gasteiger partial charge in [-0.25, -0.2) is 36.7 Å². The average Bonchev–Trinajstić information content (AvgIpc) is 2.78. The highest BCUT2D eigenvalue weighted by Crippen LogP contribution is 2.25. The topological polar surface area (TPSA) is 174 Å². The largest absolute Gasteiger partial charge is 0.492 e. The van der Waals surface area contributed by atoms with E-state index in [1.165, 1.54) is 42.7 Å². The third-order valence-corrected chi connectivity index (χ3v) is 6.80. The number of carbonyl (C=O) groups is 1. The highest BCUT2D eigenvalue weighted by atomic mass is 32.2. The predicted octanol–water partition coefficient (Wildman–Crippen LogP) is 2.25. The number of hydroxylamine groups is 1. The van der Waals surface area contributed by atoms with Gasteiger partial charge in [0.15, 0.2) is 0 Å². The van der Waals surface area contributed by atoms with Crippen LogP contribution in [-0.2, 0) is 29.7 Å². The lowest BCUT2D eigenvalue weighted by molar-refractivity contribution is -0.219. The van der Waals surface area contributed by atoms with Crippen LogP contribution in [0.5, 0.6) is 0 Å². The van der Waals surface area contributed by atoms with E-state index < -0.39 is 37.1 Å². The number of benzene rings is 2. The van der Waals surface area contributed by atoms with Crippen LogP contribution in [0.25, 0.3) is 0 Å². The van der Waals surface area contributed by atoms with Gasteiger partial charge in [-0.3, -0.25) is 0 Å². The number of nitrogens with two attached hydrogens (primary N) is 1. The zero-order chi connectivity index (χ0) is 26.7. The van der Waals surface area contributed by atoms with Crippen molar-refractivity contribution in [2.24, 2.45) is 5.14 Å². The van der Waals surface area contributed by atoms with Crippen molar-refractivity contribution in [3.63, 3.8) is 0 Å². The number of nitrogens with one attached hydrogen (secondary N) is 2. The van der Waals surface area contributed by atoms with Gasteiger partial charge in [0.2, 0.25) is 10.0 Å². The molecule has 0 aliphatic heterocycles. The van der Waals surface area contributed by atoms with E-state index in [0.717, 1.165) is 12.1 Å². The molecule has 0 aliphatic rings. The summed E-state index contributed by atoms with van der Waals surface area (Å²) in [5, 5.41) is 10.8. The second kappa shape index (κ2) is 10.1. The number of rotatable bonds is 8. The van der Waals surface area contributed by atoms with Crippen LogP contribution in [0.3, 0.4) is 0 Å². The Morgan fingerprint density at radius 2 is 1.42 bits per heavy atom. The fraction of sp³-hybridized carbons (Fsp3) is 0.105. The quantitative estimate of drug-likeness (QED) is 0.356. The van der Waals surface area contributed by atoms with Gasteiger partial charge in [-0.2, -0.15) is 13.2 Å². The van der Waals surface area contributed by atoms with Gasteiger partial charge in [0.25, 0.3) is 10.0 Å². The van der Waals surface area contributed by atoms with Crippen LogP contribution in [0.2, 0.25) is 0 Å². The predicted molar refractivity (Wildman–Crippen MR) is 120 cm³/mol. The van der Waals surface area contributed by atoms with E-state index in [-0.39, 0.29) is 26.7 Å². The molecule has 192 valence electrons. The molecule has 0 aliphatic carbocycles. The Morgan fingerprint density at radius 3 is 1.92 bits per heavy atom. The first-order chi connectivity index (χ1) is 16.7. The summed E-state index contributed by atoms with van der Waals surface area (Å²) in [6.07, 6.45) is -4.22. The number of hydrogen-bond acceptors (Lipinski definition) is 10. The van der Waals surface area contributed by atoms with Gasteiger partial charge in [0.05, 0.1) is 9.79 Å². The minimum Gasteiger partial charge on any atom is -0.345 e. The molecule has 17 heteroatoms. The van der Waals surface area contributed by atoms with E-state index in [4.69, 9.17) is 5.14 Å². The Morgan fingerprint density at radius 1 is 0.917 bits per heavy atom. The van der Waals surface area contributed by atoms with E-state index >= 15 is 0 Å². The van der Waals surface area contributed by atoms with Crippen molar-refractivity contribution in [1.82, 2.24) is 14.4 Å². The first-order valence-electron chi connectivity index (χ1n) is 9.53. The first-order valence-corrected chi connectivity index (χ1v) is 12.5. The minimum absolute atomic E-state index is 0.121. The molecular weight excluding hydrogens is 529 g/mol. The summed E-state index contributed by atoms with van der Waals surface area (Å²) in [6, 6.07) is 12.0. The van der Waals surface area contributed by atoms with Gasteiger partial charge in [-0.15, -0.1) is 0 Å². The van der Waals surface area contributed by atoms with E-state index in [1.54, 1.807) is 6.07 Å². The fourth-order valence-corrected chi connectivity index (χ4v) is 4.19. The van der Waals surface area contributed by atoms with Gasteiger partial charge >= 0.3 is 12.1 Å². The Balaban J connectivity index is 1.78. The third-order valence-electron chi connectivity index (χ3n) is 4.29. The number of aromatic nitrogens is 2. The maximum Gasteiger partial charge on any atom is 0.492 e. The number of sulfonamides is 2. The monoisotopic (exact) mass is 546 g/mol. The molecule has 0 amide bonds. The minimum atomic E-state index is -5.38. The summed E-state index contributed by atoms with van der Waals surface area (Å²) in [5.74, 6) is -2.28. The molecule has 0 spiro atoms. The van der Waals surface area contributed by atoms with Crippen molar-refractivity contribution in [3.8, 4) is 0 Å². The molecule has 0 fully saturated rings.